The van der Waals surface area contributed by atoms with E-state index in [9.17, 15) is 9.59 Å². The smallest absolute Gasteiger partial charge is 0.371 e. The van der Waals surface area contributed by atoms with E-state index >= 15 is 0 Å². The Labute approximate surface area is 217 Å². The topological polar surface area (TPSA) is 86.8 Å². The minimum absolute atomic E-state index is 0.000797. The summed E-state index contributed by atoms with van der Waals surface area (Å²) in [7, 11) is 3.40. The Kier molecular flexibility index (Phi) is 10.6. The zero-order chi connectivity index (χ0) is 26.3. The number of methoxy groups -OCH3 is 2. The second-order valence-corrected chi connectivity index (χ2v) is 11.4. The largest absolute Gasteiger partial charge is 0.466 e. The van der Waals surface area contributed by atoms with Gasteiger partial charge in [-0.2, -0.15) is 0 Å². The Bertz CT molecular complexity index is 699. The van der Waals surface area contributed by atoms with Crippen molar-refractivity contribution in [3.8, 4) is 0 Å². The molecule has 208 valence electrons. The number of carbonyl (C=O) groups is 2. The van der Waals surface area contributed by atoms with Crippen molar-refractivity contribution in [3.05, 3.63) is 0 Å². The summed E-state index contributed by atoms with van der Waals surface area (Å²) in [6, 6.07) is -0.00159. The quantitative estimate of drug-likeness (QED) is 0.387. The molecule has 0 aromatic heterocycles. The summed E-state index contributed by atoms with van der Waals surface area (Å²) >= 11 is 0. The molecule has 1 saturated carbocycles. The maximum atomic E-state index is 14.3. The third kappa shape index (κ3) is 6.78. The van der Waals surface area contributed by atoms with Crippen LogP contribution in [0.3, 0.4) is 0 Å². The summed E-state index contributed by atoms with van der Waals surface area (Å²) in [6.07, 6.45) is 6.38. The fourth-order valence-corrected chi connectivity index (χ4v) is 6.02. The molecule has 0 spiro atoms. The van der Waals surface area contributed by atoms with Crippen LogP contribution < -0.4 is 0 Å². The number of nitrogens with zero attached hydrogens (tertiary/aromatic N) is 2. The summed E-state index contributed by atoms with van der Waals surface area (Å²) in [4.78, 5) is 31.0. The van der Waals surface area contributed by atoms with Gasteiger partial charge in [0.05, 0.1) is 31.8 Å². The van der Waals surface area contributed by atoms with Crippen LogP contribution >= 0.6 is 0 Å². The molecule has 0 bridgehead atoms. The van der Waals surface area contributed by atoms with Gasteiger partial charge in [0, 0.05) is 39.4 Å². The second kappa shape index (κ2) is 13.0. The fourth-order valence-electron chi connectivity index (χ4n) is 6.02. The van der Waals surface area contributed by atoms with Crippen LogP contribution in [0, 0.1) is 5.92 Å². The lowest BCUT2D eigenvalue weighted by atomic mass is 9.87. The number of likely N-dealkylation sites (tertiary alicyclic amines) is 2. The average Bonchev–Trinajstić information content (AvgIpc) is 3.49. The molecular weight excluding hydrogens is 464 g/mol. The molecule has 2 heterocycles. The molecule has 0 aromatic carbocycles. The maximum Gasteiger partial charge on any atom is 0.371 e. The SMILES string of the molecule is CCOC(=O)C1CCC(OC(C(=O)OC(C)(C)C)(N2CCCC2)N2C(COC)CCC2COC)CC1. The highest BCUT2D eigenvalue weighted by Gasteiger charge is 2.60. The third-order valence-corrected chi connectivity index (χ3v) is 7.51. The number of hydrogen-bond donors (Lipinski definition) is 0. The van der Waals surface area contributed by atoms with E-state index in [0.717, 1.165) is 38.8 Å². The predicted octanol–water partition coefficient (Wildman–Crippen LogP) is 3.34. The summed E-state index contributed by atoms with van der Waals surface area (Å²) < 4.78 is 29.6. The lowest BCUT2D eigenvalue weighted by Crippen LogP contribution is -2.72. The first-order chi connectivity index (χ1) is 17.2. The summed E-state index contributed by atoms with van der Waals surface area (Å²) in [6.45, 7) is 10.4. The highest BCUT2D eigenvalue weighted by Crippen LogP contribution is 2.42. The normalized spacial score (nSPS) is 29.7. The molecule has 9 heteroatoms. The van der Waals surface area contributed by atoms with Crippen LogP contribution in [0.25, 0.3) is 0 Å². The average molecular weight is 513 g/mol. The van der Waals surface area contributed by atoms with Crippen LogP contribution in [0.1, 0.15) is 79.1 Å². The minimum atomic E-state index is -1.37. The van der Waals surface area contributed by atoms with Crippen LogP contribution in [0.15, 0.2) is 0 Å². The molecule has 0 N–H and O–H groups in total. The summed E-state index contributed by atoms with van der Waals surface area (Å²) in [5.41, 5.74) is -0.666. The molecule has 2 saturated heterocycles. The fraction of sp³-hybridized carbons (Fsp3) is 0.926. The molecule has 2 aliphatic heterocycles. The van der Waals surface area contributed by atoms with E-state index in [1.54, 1.807) is 14.2 Å². The van der Waals surface area contributed by atoms with Gasteiger partial charge in [0.25, 0.3) is 5.85 Å². The lowest BCUT2D eigenvalue weighted by Gasteiger charge is -2.51. The Hall–Kier alpha value is -1.26. The number of ether oxygens (including phenoxy) is 5. The molecule has 3 aliphatic rings. The van der Waals surface area contributed by atoms with Gasteiger partial charge in [0.1, 0.15) is 5.60 Å². The molecule has 3 rings (SSSR count). The first-order valence-corrected chi connectivity index (χ1v) is 13.8. The molecule has 0 radical (unpaired) electrons. The van der Waals surface area contributed by atoms with E-state index in [-0.39, 0.29) is 36.0 Å². The van der Waals surface area contributed by atoms with Gasteiger partial charge in [-0.1, -0.05) is 0 Å². The van der Waals surface area contributed by atoms with Crippen LogP contribution in [-0.4, -0.2) is 98.5 Å². The molecule has 9 nitrogen and oxygen atoms in total. The summed E-state index contributed by atoms with van der Waals surface area (Å²) in [5, 5.41) is 0. The first-order valence-electron chi connectivity index (χ1n) is 13.8. The van der Waals surface area contributed by atoms with Crippen LogP contribution in [0.4, 0.5) is 0 Å². The monoisotopic (exact) mass is 512 g/mol. The highest BCUT2D eigenvalue weighted by atomic mass is 16.6. The standard InChI is InChI=1S/C27H48N2O7/c1-7-34-24(30)20-10-14-23(15-11-20)35-27(28-16-8-9-17-28,25(31)36-26(2,3)4)29-21(18-32-5)12-13-22(29)19-33-6/h20-23H,7-19H2,1-6H3. The predicted molar refractivity (Wildman–Crippen MR) is 135 cm³/mol. The van der Waals surface area contributed by atoms with E-state index in [1.165, 1.54) is 0 Å². The van der Waals surface area contributed by atoms with Gasteiger partial charge in [0.2, 0.25) is 0 Å². The minimum Gasteiger partial charge on any atom is -0.466 e. The van der Waals surface area contributed by atoms with Gasteiger partial charge in [0.15, 0.2) is 0 Å². The van der Waals surface area contributed by atoms with Crippen molar-refractivity contribution in [2.24, 2.45) is 5.92 Å². The number of carbonyl (C=O) groups excluding carboxylic acids is 2. The molecule has 1 aliphatic carbocycles. The first kappa shape index (κ1) is 29.3. The lowest BCUT2D eigenvalue weighted by molar-refractivity contribution is -0.290. The molecule has 36 heavy (non-hydrogen) atoms. The zero-order valence-electron chi connectivity index (χ0n) is 23.3. The van der Waals surface area contributed by atoms with E-state index < -0.39 is 11.4 Å². The van der Waals surface area contributed by atoms with Crippen molar-refractivity contribution < 1.29 is 33.3 Å². The molecule has 3 atom stereocenters. The van der Waals surface area contributed by atoms with Crippen LogP contribution in [0.2, 0.25) is 0 Å². The van der Waals surface area contributed by atoms with E-state index in [4.69, 9.17) is 23.7 Å². The second-order valence-electron chi connectivity index (χ2n) is 11.4. The number of hydrogen-bond acceptors (Lipinski definition) is 9. The van der Waals surface area contributed by atoms with E-state index in [2.05, 4.69) is 9.80 Å². The van der Waals surface area contributed by atoms with E-state index in [0.29, 0.717) is 45.5 Å². The van der Waals surface area contributed by atoms with Gasteiger partial charge < -0.3 is 23.7 Å². The number of rotatable bonds is 11. The Balaban J connectivity index is 1.98. The molecular formula is C27H48N2O7. The Morgan fingerprint density at radius 2 is 1.42 bits per heavy atom. The maximum absolute atomic E-state index is 14.3. The highest BCUT2D eigenvalue weighted by molar-refractivity contribution is 5.79. The third-order valence-electron chi connectivity index (χ3n) is 7.51. The van der Waals surface area contributed by atoms with Crippen molar-refractivity contribution >= 4 is 11.9 Å². The van der Waals surface area contributed by atoms with Gasteiger partial charge in [-0.25, -0.2) is 9.69 Å². The van der Waals surface area contributed by atoms with Crippen LogP contribution in [-0.2, 0) is 33.3 Å². The van der Waals surface area contributed by atoms with Crippen LogP contribution in [0.5, 0.6) is 0 Å². The van der Waals surface area contributed by atoms with Crippen molar-refractivity contribution in [1.82, 2.24) is 9.80 Å². The van der Waals surface area contributed by atoms with Gasteiger partial charge in [-0.05, 0) is 79.1 Å². The summed E-state index contributed by atoms with van der Waals surface area (Å²) in [5.74, 6) is -1.97. The van der Waals surface area contributed by atoms with Gasteiger partial charge >= 0.3 is 11.9 Å². The van der Waals surface area contributed by atoms with Crippen molar-refractivity contribution in [2.45, 2.75) is 109 Å². The van der Waals surface area contributed by atoms with Gasteiger partial charge in [-0.3, -0.25) is 9.69 Å². The number of esters is 2. The van der Waals surface area contributed by atoms with Crippen molar-refractivity contribution in [2.75, 3.05) is 47.1 Å². The Morgan fingerprint density at radius 1 is 0.861 bits per heavy atom. The molecule has 0 aromatic rings. The zero-order valence-corrected chi connectivity index (χ0v) is 23.3. The van der Waals surface area contributed by atoms with Crippen molar-refractivity contribution in [3.63, 3.8) is 0 Å². The van der Waals surface area contributed by atoms with Gasteiger partial charge in [-0.15, -0.1) is 0 Å². The van der Waals surface area contributed by atoms with Crippen molar-refractivity contribution in [1.29, 1.82) is 0 Å². The molecule has 3 unspecified atom stereocenters. The molecule has 0 amide bonds. The Morgan fingerprint density at radius 3 is 1.89 bits per heavy atom. The van der Waals surface area contributed by atoms with E-state index in [1.807, 2.05) is 27.7 Å². The molecule has 3 fully saturated rings.